The molecule has 9 nitrogen and oxygen atoms in total. The molecule has 1 aromatic rings. The van der Waals surface area contributed by atoms with Crippen LogP contribution in [-0.2, 0) is 16.1 Å². The van der Waals surface area contributed by atoms with Gasteiger partial charge in [0.1, 0.15) is 18.0 Å². The van der Waals surface area contributed by atoms with Crippen LogP contribution in [0.4, 0.5) is 5.95 Å². The first-order chi connectivity index (χ1) is 10.3. The Morgan fingerprint density at radius 3 is 2.41 bits per heavy atom. The molecular formula is C10H18Br2N5O4P. The lowest BCUT2D eigenvalue weighted by Crippen LogP contribution is -2.27. The Hall–Kier alpha value is -0.320. The van der Waals surface area contributed by atoms with Crippen molar-refractivity contribution in [2.24, 2.45) is 7.05 Å². The maximum atomic E-state index is 12.7. The van der Waals surface area contributed by atoms with Crippen molar-refractivity contribution in [3.63, 3.8) is 0 Å². The second-order valence-electron chi connectivity index (χ2n) is 4.29. The van der Waals surface area contributed by atoms with Crippen LogP contribution in [0.15, 0.2) is 6.20 Å². The van der Waals surface area contributed by atoms with Crippen LogP contribution < -0.4 is 10.2 Å². The van der Waals surface area contributed by atoms with Gasteiger partial charge >= 0.3 is 13.6 Å². The largest absolute Gasteiger partial charge is 0.434 e. The average molecular weight is 463 g/mol. The number of nitrogens with zero attached hydrogens (tertiary/aromatic N) is 3. The molecule has 0 aliphatic heterocycles. The van der Waals surface area contributed by atoms with E-state index in [9.17, 15) is 14.7 Å². The summed E-state index contributed by atoms with van der Waals surface area (Å²) < 4.78 is 19.6. The van der Waals surface area contributed by atoms with E-state index in [1.165, 1.54) is 17.8 Å². The van der Waals surface area contributed by atoms with Crippen molar-refractivity contribution in [1.29, 1.82) is 0 Å². The van der Waals surface area contributed by atoms with Gasteiger partial charge in [-0.15, -0.1) is 0 Å². The molecule has 1 heterocycles. The molecule has 0 aliphatic carbocycles. The maximum absolute atomic E-state index is 12.7. The van der Waals surface area contributed by atoms with Gasteiger partial charge in [-0.3, -0.25) is 9.09 Å². The number of aromatic nitrogens is 2. The molecule has 2 N–H and O–H groups in total. The molecule has 0 radical (unpaired) electrons. The van der Waals surface area contributed by atoms with Crippen LogP contribution in [-0.4, -0.2) is 38.2 Å². The summed E-state index contributed by atoms with van der Waals surface area (Å²) in [5.74, 6) is -0.290. The molecule has 0 spiro atoms. The first-order valence-corrected chi connectivity index (χ1v) is 10.3. The molecular weight excluding hydrogens is 445 g/mol. The minimum Gasteiger partial charge on any atom is -0.390 e. The monoisotopic (exact) mass is 461 g/mol. The summed E-state index contributed by atoms with van der Waals surface area (Å²) in [4.78, 5) is 14.0. The first-order valence-electron chi connectivity index (χ1n) is 6.41. The van der Waals surface area contributed by atoms with E-state index in [1.807, 2.05) is 0 Å². The molecule has 0 amide bonds. The van der Waals surface area contributed by atoms with Crippen LogP contribution in [0.25, 0.3) is 0 Å². The fraction of sp³-hybridized carbons (Fsp3) is 0.700. The van der Waals surface area contributed by atoms with Crippen molar-refractivity contribution >= 4 is 45.5 Å². The lowest BCUT2D eigenvalue weighted by Gasteiger charge is -2.23. The molecule has 1 aromatic heterocycles. The molecule has 0 aromatic carbocycles. The number of imidazole rings is 1. The van der Waals surface area contributed by atoms with Gasteiger partial charge in [0.15, 0.2) is 0 Å². The summed E-state index contributed by atoms with van der Waals surface area (Å²) in [6, 6.07) is 0. The number of hydrogen-bond acceptors (Lipinski definition) is 5. The summed E-state index contributed by atoms with van der Waals surface area (Å²) in [6.07, 6.45) is 0.713. The third-order valence-corrected chi connectivity index (χ3v) is 5.40. The average Bonchev–Trinajstić information content (AvgIpc) is 2.85. The van der Waals surface area contributed by atoms with E-state index >= 15 is 0 Å². The van der Waals surface area contributed by atoms with Crippen molar-refractivity contribution in [1.82, 2.24) is 19.7 Å². The second-order valence-corrected chi connectivity index (χ2v) is 7.82. The van der Waals surface area contributed by atoms with Crippen molar-refractivity contribution in [2.45, 2.75) is 13.0 Å². The fourth-order valence-electron chi connectivity index (χ4n) is 1.75. The zero-order valence-corrected chi connectivity index (χ0v) is 16.2. The highest BCUT2D eigenvalue weighted by Gasteiger charge is 2.30. The van der Waals surface area contributed by atoms with E-state index in [4.69, 9.17) is 4.52 Å². The zero-order valence-electron chi connectivity index (χ0n) is 12.2. The van der Waals surface area contributed by atoms with E-state index in [-0.39, 0.29) is 5.95 Å². The molecule has 0 saturated carbocycles. The number of alkyl halides is 2. The standard InChI is InChI=1S/C10H18Br2N5O4P/c1-8(9-7-13-10(16(9)2)17(18)19)21-22(20,14-5-3-11)15-6-4-12/h7-8H,3-6H2,1-2H3,(H2,14,15,20). The smallest absolute Gasteiger partial charge is 0.390 e. The molecule has 0 bridgehead atoms. The van der Waals surface area contributed by atoms with Gasteiger partial charge in [-0.05, 0) is 11.8 Å². The van der Waals surface area contributed by atoms with Crippen molar-refractivity contribution in [3.8, 4) is 0 Å². The number of nitrogens with one attached hydrogen (secondary N) is 2. The van der Waals surface area contributed by atoms with Gasteiger partial charge in [-0.1, -0.05) is 36.8 Å². The molecule has 1 unspecified atom stereocenters. The molecule has 0 aliphatic rings. The minimum absolute atomic E-state index is 0.290. The van der Waals surface area contributed by atoms with Crippen molar-refractivity contribution < 1.29 is 14.0 Å². The lowest BCUT2D eigenvalue weighted by atomic mass is 10.3. The Labute approximate surface area is 145 Å². The number of nitro groups is 1. The SMILES string of the molecule is CC(OP(=O)(NCCBr)NCCBr)c1cnc([N+](=O)[O-])n1C. The van der Waals surface area contributed by atoms with Crippen LogP contribution in [0.3, 0.4) is 0 Å². The fourth-order valence-corrected chi connectivity index (χ4v) is 4.38. The minimum atomic E-state index is -3.28. The van der Waals surface area contributed by atoms with Gasteiger partial charge in [0.2, 0.25) is 0 Å². The number of rotatable bonds is 10. The van der Waals surface area contributed by atoms with E-state index < -0.39 is 18.7 Å². The van der Waals surface area contributed by atoms with E-state index in [1.54, 1.807) is 6.92 Å². The third-order valence-electron chi connectivity index (χ3n) is 2.71. The molecule has 22 heavy (non-hydrogen) atoms. The van der Waals surface area contributed by atoms with Crippen LogP contribution >= 0.6 is 39.5 Å². The third kappa shape index (κ3) is 5.39. The second kappa shape index (κ2) is 9.09. The summed E-state index contributed by atoms with van der Waals surface area (Å²) in [6.45, 7) is 2.56. The van der Waals surface area contributed by atoms with Gasteiger partial charge < -0.3 is 10.1 Å². The zero-order chi connectivity index (χ0) is 16.8. The topological polar surface area (TPSA) is 111 Å². The summed E-state index contributed by atoms with van der Waals surface area (Å²) in [5, 5.41) is 17.7. The van der Waals surface area contributed by atoms with Gasteiger partial charge in [-0.2, -0.15) is 0 Å². The molecule has 126 valence electrons. The predicted molar refractivity (Wildman–Crippen MR) is 90.6 cm³/mol. The highest BCUT2D eigenvalue weighted by molar-refractivity contribution is 9.09. The Balaban J connectivity index is 2.88. The van der Waals surface area contributed by atoms with E-state index in [2.05, 4.69) is 47.0 Å². The van der Waals surface area contributed by atoms with E-state index in [0.29, 0.717) is 29.4 Å². The molecule has 0 fully saturated rings. The summed E-state index contributed by atoms with van der Waals surface area (Å²) in [7, 11) is -1.76. The summed E-state index contributed by atoms with van der Waals surface area (Å²) in [5.41, 5.74) is 0.466. The van der Waals surface area contributed by atoms with Crippen LogP contribution in [0, 0.1) is 10.1 Å². The molecule has 1 rings (SSSR count). The normalized spacial score (nSPS) is 13.3. The maximum Gasteiger partial charge on any atom is 0.434 e. The Morgan fingerprint density at radius 1 is 1.45 bits per heavy atom. The number of hydrogen-bond donors (Lipinski definition) is 2. The van der Waals surface area contributed by atoms with Crippen LogP contribution in [0.1, 0.15) is 18.7 Å². The highest BCUT2D eigenvalue weighted by Crippen LogP contribution is 2.43. The van der Waals surface area contributed by atoms with Crippen LogP contribution in [0.2, 0.25) is 0 Å². The Bertz CT molecular complexity index is 543. The molecule has 1 atom stereocenters. The van der Waals surface area contributed by atoms with Gasteiger partial charge in [0.25, 0.3) is 0 Å². The first kappa shape index (κ1) is 19.7. The quantitative estimate of drug-likeness (QED) is 0.238. The van der Waals surface area contributed by atoms with Crippen LogP contribution in [0.5, 0.6) is 0 Å². The molecule has 12 heteroatoms. The Kier molecular flexibility index (Phi) is 8.15. The van der Waals surface area contributed by atoms with Crippen molar-refractivity contribution in [2.75, 3.05) is 23.7 Å². The highest BCUT2D eigenvalue weighted by atomic mass is 79.9. The number of halogens is 2. The van der Waals surface area contributed by atoms with Crippen molar-refractivity contribution in [3.05, 3.63) is 22.0 Å². The predicted octanol–water partition coefficient (Wildman–Crippen LogP) is 2.48. The van der Waals surface area contributed by atoms with Gasteiger partial charge in [-0.25, -0.2) is 14.7 Å². The molecule has 0 saturated heterocycles. The van der Waals surface area contributed by atoms with Gasteiger partial charge in [0, 0.05) is 23.7 Å². The van der Waals surface area contributed by atoms with Gasteiger partial charge in [0.05, 0.1) is 7.05 Å². The lowest BCUT2D eigenvalue weighted by molar-refractivity contribution is -0.396. The Morgan fingerprint density at radius 2 is 2.00 bits per heavy atom. The van der Waals surface area contributed by atoms with E-state index in [0.717, 1.165) is 0 Å². The summed E-state index contributed by atoms with van der Waals surface area (Å²) >= 11 is 6.49.